The van der Waals surface area contributed by atoms with E-state index in [1.165, 1.54) is 0 Å². The van der Waals surface area contributed by atoms with Crippen molar-refractivity contribution >= 4 is 11.8 Å². The third-order valence-electron chi connectivity index (χ3n) is 3.82. The van der Waals surface area contributed by atoms with Crippen molar-refractivity contribution in [3.8, 4) is 23.0 Å². The molecular formula is C15H14N4O5. The summed E-state index contributed by atoms with van der Waals surface area (Å²) in [6.07, 6.45) is 0.869. The van der Waals surface area contributed by atoms with E-state index in [9.17, 15) is 9.59 Å². The van der Waals surface area contributed by atoms with Crippen LogP contribution in [0.25, 0.3) is 11.5 Å². The number of hydrogen-bond donors (Lipinski definition) is 2. The molecule has 3 heterocycles. The second-order valence-corrected chi connectivity index (χ2v) is 5.46. The largest absolute Gasteiger partial charge is 0.454 e. The van der Waals surface area contributed by atoms with E-state index < -0.39 is 6.04 Å². The summed E-state index contributed by atoms with van der Waals surface area (Å²) < 4.78 is 15.8. The van der Waals surface area contributed by atoms with E-state index in [0.717, 1.165) is 0 Å². The molecule has 1 aromatic heterocycles. The van der Waals surface area contributed by atoms with Crippen molar-refractivity contribution in [2.45, 2.75) is 25.4 Å². The first kappa shape index (κ1) is 14.5. The van der Waals surface area contributed by atoms with Gasteiger partial charge < -0.3 is 24.6 Å². The number of hydrogen-bond acceptors (Lipinski definition) is 7. The summed E-state index contributed by atoms with van der Waals surface area (Å²) >= 11 is 0. The van der Waals surface area contributed by atoms with E-state index in [1.807, 2.05) is 0 Å². The summed E-state index contributed by atoms with van der Waals surface area (Å²) in [6.45, 7) is 0.316. The number of aromatic nitrogens is 2. The first-order chi connectivity index (χ1) is 11.7. The average molecular weight is 330 g/mol. The van der Waals surface area contributed by atoms with E-state index in [0.29, 0.717) is 41.6 Å². The topological polar surface area (TPSA) is 116 Å². The highest BCUT2D eigenvalue weighted by Gasteiger charge is 2.27. The number of amides is 2. The Balaban J connectivity index is 1.40. The molecule has 24 heavy (non-hydrogen) atoms. The zero-order valence-corrected chi connectivity index (χ0v) is 12.6. The maximum atomic E-state index is 11.9. The Morgan fingerprint density at radius 2 is 2.21 bits per heavy atom. The van der Waals surface area contributed by atoms with Gasteiger partial charge in [0.2, 0.25) is 18.6 Å². The maximum Gasteiger partial charge on any atom is 0.258 e. The maximum absolute atomic E-state index is 11.9. The van der Waals surface area contributed by atoms with Crippen LogP contribution < -0.4 is 20.1 Å². The number of benzene rings is 1. The fourth-order valence-corrected chi connectivity index (χ4v) is 2.57. The summed E-state index contributed by atoms with van der Waals surface area (Å²) in [4.78, 5) is 27.3. The van der Waals surface area contributed by atoms with Gasteiger partial charge in [0, 0.05) is 12.0 Å². The predicted molar refractivity (Wildman–Crippen MR) is 78.9 cm³/mol. The molecule has 1 atom stereocenters. The average Bonchev–Trinajstić information content (AvgIpc) is 3.32. The van der Waals surface area contributed by atoms with Crippen LogP contribution >= 0.6 is 0 Å². The van der Waals surface area contributed by atoms with E-state index in [1.54, 1.807) is 18.2 Å². The first-order valence-corrected chi connectivity index (χ1v) is 7.49. The predicted octanol–water partition coefficient (Wildman–Crippen LogP) is 0.360. The molecule has 4 rings (SSSR count). The molecule has 0 saturated carbocycles. The molecule has 2 aliphatic rings. The normalized spacial score (nSPS) is 18.5. The number of fused-ring (bicyclic) bond motifs is 1. The van der Waals surface area contributed by atoms with Crippen LogP contribution in [0.4, 0.5) is 0 Å². The van der Waals surface area contributed by atoms with Crippen molar-refractivity contribution < 1.29 is 23.6 Å². The van der Waals surface area contributed by atoms with Crippen LogP contribution in [0, 0.1) is 0 Å². The number of nitrogens with one attached hydrogen (secondary N) is 2. The van der Waals surface area contributed by atoms with Crippen LogP contribution in [0.3, 0.4) is 0 Å². The minimum absolute atomic E-state index is 0.111. The first-order valence-electron chi connectivity index (χ1n) is 7.49. The number of carbonyl (C=O) groups excluding carboxylic acids is 2. The van der Waals surface area contributed by atoms with E-state index in [4.69, 9.17) is 14.0 Å². The molecule has 1 saturated heterocycles. The standard InChI is InChI=1S/C15H14N4O5/c20-13-4-2-9(17-13)14(21)16-6-12-18-15(24-19-12)8-1-3-10-11(5-8)23-7-22-10/h1,3,5,9H,2,4,6-7H2,(H,16,21)(H,17,20)/t9-/m0/s1. The Hall–Kier alpha value is -3.10. The number of rotatable bonds is 4. The summed E-state index contributed by atoms with van der Waals surface area (Å²) in [5.74, 6) is 1.60. The molecule has 124 valence electrons. The molecule has 1 aromatic carbocycles. The highest BCUT2D eigenvalue weighted by Crippen LogP contribution is 2.35. The Morgan fingerprint density at radius 3 is 3.04 bits per heavy atom. The highest BCUT2D eigenvalue weighted by molar-refractivity contribution is 5.90. The molecule has 1 fully saturated rings. The minimum atomic E-state index is -0.488. The zero-order chi connectivity index (χ0) is 16.5. The molecule has 2 aliphatic heterocycles. The van der Waals surface area contributed by atoms with E-state index in [-0.39, 0.29) is 25.2 Å². The lowest BCUT2D eigenvalue weighted by atomic mass is 10.2. The van der Waals surface area contributed by atoms with Crippen LogP contribution in [0.15, 0.2) is 22.7 Å². The van der Waals surface area contributed by atoms with E-state index >= 15 is 0 Å². The smallest absolute Gasteiger partial charge is 0.258 e. The second-order valence-electron chi connectivity index (χ2n) is 5.46. The van der Waals surface area contributed by atoms with Gasteiger partial charge in [-0.1, -0.05) is 5.16 Å². The van der Waals surface area contributed by atoms with Crippen LogP contribution in [0.2, 0.25) is 0 Å². The highest BCUT2D eigenvalue weighted by atomic mass is 16.7. The van der Waals surface area contributed by atoms with Gasteiger partial charge in [-0.15, -0.1) is 0 Å². The van der Waals surface area contributed by atoms with Crippen molar-refractivity contribution in [3.63, 3.8) is 0 Å². The van der Waals surface area contributed by atoms with Gasteiger partial charge in [0.1, 0.15) is 6.04 Å². The van der Waals surface area contributed by atoms with Crippen molar-refractivity contribution in [2.24, 2.45) is 0 Å². The van der Waals surface area contributed by atoms with Gasteiger partial charge in [-0.05, 0) is 24.6 Å². The van der Waals surface area contributed by atoms with Crippen molar-refractivity contribution in [2.75, 3.05) is 6.79 Å². The summed E-state index contributed by atoms with van der Waals surface area (Å²) in [6, 6.07) is 4.83. The molecule has 9 nitrogen and oxygen atoms in total. The van der Waals surface area contributed by atoms with Crippen LogP contribution in [-0.4, -0.2) is 34.8 Å². The quantitative estimate of drug-likeness (QED) is 0.831. The van der Waals surface area contributed by atoms with Crippen molar-refractivity contribution in [1.82, 2.24) is 20.8 Å². The lowest BCUT2D eigenvalue weighted by Crippen LogP contribution is -2.41. The molecule has 9 heteroatoms. The minimum Gasteiger partial charge on any atom is -0.454 e. The summed E-state index contributed by atoms with van der Waals surface area (Å²) in [7, 11) is 0. The van der Waals surface area contributed by atoms with Crippen LogP contribution in [0.1, 0.15) is 18.7 Å². The molecule has 0 unspecified atom stereocenters. The second kappa shape index (κ2) is 5.84. The van der Waals surface area contributed by atoms with Gasteiger partial charge in [0.05, 0.1) is 6.54 Å². The van der Waals surface area contributed by atoms with Gasteiger partial charge in [-0.25, -0.2) is 0 Å². The number of ether oxygens (including phenoxy) is 2. The number of carbonyl (C=O) groups is 2. The fraction of sp³-hybridized carbons (Fsp3) is 0.333. The van der Waals surface area contributed by atoms with Gasteiger partial charge in [-0.3, -0.25) is 9.59 Å². The molecule has 0 spiro atoms. The third-order valence-corrected chi connectivity index (χ3v) is 3.82. The lowest BCUT2D eigenvalue weighted by molar-refractivity contribution is -0.125. The molecule has 0 aliphatic carbocycles. The molecule has 0 radical (unpaired) electrons. The Bertz CT molecular complexity index is 803. The SMILES string of the molecule is O=C1CC[C@@H](C(=O)NCc2noc(-c3ccc4c(c3)OCO4)n2)N1. The lowest BCUT2D eigenvalue weighted by Gasteiger charge is -2.08. The fourth-order valence-electron chi connectivity index (χ4n) is 2.57. The van der Waals surface area contributed by atoms with Gasteiger partial charge >= 0.3 is 0 Å². The Labute approximate surface area is 136 Å². The van der Waals surface area contributed by atoms with Gasteiger partial charge in [0.25, 0.3) is 5.89 Å². The Morgan fingerprint density at radius 1 is 1.33 bits per heavy atom. The van der Waals surface area contributed by atoms with Crippen LogP contribution in [0.5, 0.6) is 11.5 Å². The third kappa shape index (κ3) is 2.75. The summed E-state index contributed by atoms with van der Waals surface area (Å²) in [5.41, 5.74) is 0.701. The van der Waals surface area contributed by atoms with Gasteiger partial charge in [0.15, 0.2) is 17.3 Å². The monoisotopic (exact) mass is 330 g/mol. The van der Waals surface area contributed by atoms with Crippen molar-refractivity contribution in [3.05, 3.63) is 24.0 Å². The zero-order valence-electron chi connectivity index (χ0n) is 12.6. The molecular weight excluding hydrogens is 316 g/mol. The number of nitrogens with zero attached hydrogens (tertiary/aromatic N) is 2. The molecule has 0 bridgehead atoms. The molecule has 2 aromatic rings. The van der Waals surface area contributed by atoms with E-state index in [2.05, 4.69) is 20.8 Å². The molecule has 2 amide bonds. The van der Waals surface area contributed by atoms with Gasteiger partial charge in [-0.2, -0.15) is 4.98 Å². The van der Waals surface area contributed by atoms with Crippen molar-refractivity contribution in [1.29, 1.82) is 0 Å². The molecule has 2 N–H and O–H groups in total. The van der Waals surface area contributed by atoms with Crippen LogP contribution in [-0.2, 0) is 16.1 Å². The summed E-state index contributed by atoms with van der Waals surface area (Å²) in [5, 5.41) is 9.13. The Kier molecular flexibility index (Phi) is 3.52.